The van der Waals surface area contributed by atoms with Crippen molar-refractivity contribution in [3.63, 3.8) is 0 Å². The van der Waals surface area contributed by atoms with E-state index >= 15 is 0 Å². The number of carboxylic acids is 2. The summed E-state index contributed by atoms with van der Waals surface area (Å²) in [5.74, 6) is -1.14. The molecule has 1 aromatic carbocycles. The number of aliphatic carboxylic acids is 2. The fourth-order valence-electron chi connectivity index (χ4n) is 2.61. The van der Waals surface area contributed by atoms with E-state index in [-0.39, 0.29) is 12.8 Å². The van der Waals surface area contributed by atoms with Crippen molar-refractivity contribution in [1.82, 2.24) is 0 Å². The zero-order valence-electron chi connectivity index (χ0n) is 13.8. The van der Waals surface area contributed by atoms with E-state index in [1.165, 1.54) is 7.11 Å². The molecule has 0 fully saturated rings. The van der Waals surface area contributed by atoms with Gasteiger partial charge in [-0.05, 0) is 11.6 Å². The van der Waals surface area contributed by atoms with Gasteiger partial charge in [-0.25, -0.2) is 0 Å². The molecule has 0 amide bonds. The van der Waals surface area contributed by atoms with Crippen LogP contribution in [0.15, 0.2) is 18.2 Å². The lowest BCUT2D eigenvalue weighted by Gasteiger charge is -2.29. The lowest BCUT2D eigenvalue weighted by atomic mass is 9.76. The molecule has 5 heteroatoms. The molecule has 0 bridgehead atoms. The van der Waals surface area contributed by atoms with E-state index in [9.17, 15) is 9.59 Å². The molecule has 0 heterocycles. The first kappa shape index (κ1) is 18.0. The lowest BCUT2D eigenvalue weighted by Crippen LogP contribution is -2.25. The summed E-state index contributed by atoms with van der Waals surface area (Å²) in [7, 11) is 1.54. The van der Waals surface area contributed by atoms with Crippen LogP contribution in [0.1, 0.15) is 51.7 Å². The Labute approximate surface area is 130 Å². The zero-order chi connectivity index (χ0) is 17.1. The molecule has 1 aromatic rings. The van der Waals surface area contributed by atoms with Crippen molar-refractivity contribution >= 4 is 11.9 Å². The normalized spacial score (nSPS) is 12.0. The van der Waals surface area contributed by atoms with Crippen molar-refractivity contribution in [3.8, 4) is 5.75 Å². The Balaban J connectivity index is 3.35. The number of carboxylic acid groups (broad SMARTS) is 2. The second kappa shape index (κ2) is 6.38. The van der Waals surface area contributed by atoms with Crippen LogP contribution in [-0.2, 0) is 20.4 Å². The molecule has 0 saturated carbocycles. The second-order valence-corrected chi connectivity index (χ2v) is 6.82. The number of ether oxygens (including phenoxy) is 1. The summed E-state index contributed by atoms with van der Waals surface area (Å²) in [6.45, 7) is 7.40. The van der Waals surface area contributed by atoms with Gasteiger partial charge in [0.05, 0.1) is 20.0 Å². The predicted octanol–water partition coefficient (Wildman–Crippen LogP) is 3.20. The highest BCUT2D eigenvalue weighted by atomic mass is 16.5. The Hall–Kier alpha value is -2.04. The Morgan fingerprint density at radius 3 is 1.95 bits per heavy atom. The van der Waals surface area contributed by atoms with E-state index in [1.807, 2.05) is 39.8 Å². The minimum absolute atomic E-state index is 0.00186. The molecule has 0 atom stereocenters. The minimum atomic E-state index is -0.887. The van der Waals surface area contributed by atoms with Gasteiger partial charge in [-0.2, -0.15) is 0 Å². The van der Waals surface area contributed by atoms with Gasteiger partial charge < -0.3 is 14.9 Å². The number of carbonyl (C=O) groups is 2. The standard InChI is InChI=1S/C17H24O5/c1-16(2,9-14(18)19)11-6-7-13(22-5)12(8-11)17(3,4)10-15(20)21/h6-8H,9-10H2,1-5H3,(H,18,19)(H,20,21). The summed E-state index contributed by atoms with van der Waals surface area (Å²) >= 11 is 0. The molecule has 0 saturated heterocycles. The molecular formula is C17H24O5. The molecular weight excluding hydrogens is 284 g/mol. The van der Waals surface area contributed by atoms with E-state index in [0.717, 1.165) is 11.1 Å². The van der Waals surface area contributed by atoms with Gasteiger partial charge in [-0.3, -0.25) is 9.59 Å². The first-order valence-electron chi connectivity index (χ1n) is 7.12. The van der Waals surface area contributed by atoms with Gasteiger partial charge in [0.1, 0.15) is 5.75 Å². The van der Waals surface area contributed by atoms with Gasteiger partial charge >= 0.3 is 11.9 Å². The molecule has 0 spiro atoms. The molecule has 0 unspecified atom stereocenters. The SMILES string of the molecule is COc1ccc(C(C)(C)CC(=O)O)cc1C(C)(C)CC(=O)O. The quantitative estimate of drug-likeness (QED) is 0.808. The average Bonchev–Trinajstić information content (AvgIpc) is 2.34. The van der Waals surface area contributed by atoms with Crippen molar-refractivity contribution in [1.29, 1.82) is 0 Å². The summed E-state index contributed by atoms with van der Waals surface area (Å²) in [5.41, 5.74) is 0.455. The third-order valence-electron chi connectivity index (χ3n) is 3.90. The molecule has 1 rings (SSSR count). The molecule has 0 aromatic heterocycles. The number of hydrogen-bond acceptors (Lipinski definition) is 3. The average molecular weight is 308 g/mol. The van der Waals surface area contributed by atoms with Crippen molar-refractivity contribution in [2.75, 3.05) is 7.11 Å². The minimum Gasteiger partial charge on any atom is -0.496 e. The molecule has 122 valence electrons. The maximum atomic E-state index is 11.1. The van der Waals surface area contributed by atoms with Crippen molar-refractivity contribution in [3.05, 3.63) is 29.3 Å². The number of methoxy groups -OCH3 is 1. The summed E-state index contributed by atoms with van der Waals surface area (Å²) < 4.78 is 5.35. The monoisotopic (exact) mass is 308 g/mol. The second-order valence-electron chi connectivity index (χ2n) is 6.82. The van der Waals surface area contributed by atoms with E-state index in [0.29, 0.717) is 5.75 Å². The maximum Gasteiger partial charge on any atom is 0.304 e. The molecule has 0 aliphatic rings. The van der Waals surface area contributed by atoms with Gasteiger partial charge in [-0.15, -0.1) is 0 Å². The van der Waals surface area contributed by atoms with Crippen molar-refractivity contribution < 1.29 is 24.5 Å². The van der Waals surface area contributed by atoms with Crippen LogP contribution in [0.5, 0.6) is 5.75 Å². The first-order valence-corrected chi connectivity index (χ1v) is 7.12. The third-order valence-corrected chi connectivity index (χ3v) is 3.90. The van der Waals surface area contributed by atoms with E-state index in [2.05, 4.69) is 0 Å². The highest BCUT2D eigenvalue weighted by Crippen LogP contribution is 2.38. The van der Waals surface area contributed by atoms with Gasteiger partial charge in [0.15, 0.2) is 0 Å². The summed E-state index contributed by atoms with van der Waals surface area (Å²) in [5, 5.41) is 18.2. The van der Waals surface area contributed by atoms with Crippen LogP contribution >= 0.6 is 0 Å². The lowest BCUT2D eigenvalue weighted by molar-refractivity contribution is -0.139. The maximum absolute atomic E-state index is 11.1. The van der Waals surface area contributed by atoms with Crippen LogP contribution in [0, 0.1) is 0 Å². The van der Waals surface area contributed by atoms with Crippen LogP contribution in [-0.4, -0.2) is 29.3 Å². The fraction of sp³-hybridized carbons (Fsp3) is 0.529. The zero-order valence-corrected chi connectivity index (χ0v) is 13.8. The Morgan fingerprint density at radius 2 is 1.50 bits per heavy atom. The predicted molar refractivity (Wildman–Crippen MR) is 83.6 cm³/mol. The Kier molecular flexibility index (Phi) is 5.22. The first-order chi connectivity index (χ1) is 9.99. The van der Waals surface area contributed by atoms with Gasteiger partial charge in [0.25, 0.3) is 0 Å². The third kappa shape index (κ3) is 4.23. The molecule has 2 N–H and O–H groups in total. The topological polar surface area (TPSA) is 83.8 Å². The summed E-state index contributed by atoms with van der Waals surface area (Å²) in [4.78, 5) is 22.1. The molecule has 22 heavy (non-hydrogen) atoms. The highest BCUT2D eigenvalue weighted by molar-refractivity contribution is 5.70. The molecule has 0 radical (unpaired) electrons. The number of rotatable bonds is 7. The van der Waals surface area contributed by atoms with Crippen LogP contribution < -0.4 is 4.74 Å². The highest BCUT2D eigenvalue weighted by Gasteiger charge is 2.31. The van der Waals surface area contributed by atoms with Crippen LogP contribution in [0.3, 0.4) is 0 Å². The van der Waals surface area contributed by atoms with Crippen molar-refractivity contribution in [2.45, 2.75) is 51.4 Å². The van der Waals surface area contributed by atoms with E-state index in [1.54, 1.807) is 6.07 Å². The van der Waals surface area contributed by atoms with Crippen molar-refractivity contribution in [2.24, 2.45) is 0 Å². The summed E-state index contributed by atoms with van der Waals surface area (Å²) in [6, 6.07) is 5.48. The Bertz CT molecular complexity index is 572. The Morgan fingerprint density at radius 1 is 1.00 bits per heavy atom. The van der Waals surface area contributed by atoms with E-state index in [4.69, 9.17) is 14.9 Å². The largest absolute Gasteiger partial charge is 0.496 e. The van der Waals surface area contributed by atoms with E-state index < -0.39 is 22.8 Å². The summed E-state index contributed by atoms with van der Waals surface area (Å²) in [6.07, 6.45) is -0.0374. The number of benzene rings is 1. The molecule has 0 aliphatic heterocycles. The number of hydrogen-bond donors (Lipinski definition) is 2. The van der Waals surface area contributed by atoms with Crippen LogP contribution in [0.2, 0.25) is 0 Å². The van der Waals surface area contributed by atoms with Crippen LogP contribution in [0.25, 0.3) is 0 Å². The molecule has 5 nitrogen and oxygen atoms in total. The van der Waals surface area contributed by atoms with Gasteiger partial charge in [-0.1, -0.05) is 39.8 Å². The fourth-order valence-corrected chi connectivity index (χ4v) is 2.61. The van der Waals surface area contributed by atoms with Crippen LogP contribution in [0.4, 0.5) is 0 Å². The smallest absolute Gasteiger partial charge is 0.304 e. The molecule has 0 aliphatic carbocycles. The van der Waals surface area contributed by atoms with Gasteiger partial charge in [0, 0.05) is 16.4 Å². The van der Waals surface area contributed by atoms with Gasteiger partial charge in [0.2, 0.25) is 0 Å².